The molecule has 4 heteroatoms. The number of aliphatic hydroxyl groups is 1. The number of halogens is 2. The number of hydrogen-bond donors (Lipinski definition) is 1. The van der Waals surface area contributed by atoms with Crippen LogP contribution < -0.4 is 0 Å². The molecule has 24 heavy (non-hydrogen) atoms. The zero-order valence-electron chi connectivity index (χ0n) is 13.7. The maximum Gasteiger partial charge on any atom is 0.129 e. The largest absolute Gasteiger partial charge is 0.396 e. The number of likely N-dealkylation sites (tertiary alicyclic amines) is 1. The highest BCUT2D eigenvalue weighted by molar-refractivity contribution is 5.21. The van der Waals surface area contributed by atoms with Gasteiger partial charge in [-0.05, 0) is 43.0 Å². The molecule has 3 rings (SSSR count). The molecule has 0 aromatic heterocycles. The van der Waals surface area contributed by atoms with E-state index in [-0.39, 0.29) is 12.0 Å². The van der Waals surface area contributed by atoms with Gasteiger partial charge < -0.3 is 5.11 Å². The van der Waals surface area contributed by atoms with Gasteiger partial charge in [0.1, 0.15) is 11.6 Å². The fourth-order valence-corrected chi connectivity index (χ4v) is 3.68. The SMILES string of the molecule is OC[C@]1(Cc2ccc(F)cc2F)CCCN(Cc2ccccc2)C1. The van der Waals surface area contributed by atoms with E-state index in [0.717, 1.165) is 38.5 Å². The summed E-state index contributed by atoms with van der Waals surface area (Å²) in [6.07, 6.45) is 2.25. The lowest BCUT2D eigenvalue weighted by Gasteiger charge is -2.42. The Labute approximate surface area is 141 Å². The molecule has 0 aliphatic carbocycles. The number of hydrogen-bond acceptors (Lipinski definition) is 2. The molecule has 1 N–H and O–H groups in total. The van der Waals surface area contributed by atoms with E-state index in [1.807, 2.05) is 18.2 Å². The van der Waals surface area contributed by atoms with E-state index in [9.17, 15) is 13.9 Å². The minimum atomic E-state index is -0.566. The van der Waals surface area contributed by atoms with Crippen LogP contribution >= 0.6 is 0 Å². The lowest BCUT2D eigenvalue weighted by Crippen LogP contribution is -2.46. The molecular weight excluding hydrogens is 308 g/mol. The molecule has 2 aromatic carbocycles. The monoisotopic (exact) mass is 331 g/mol. The van der Waals surface area contributed by atoms with Crippen LogP contribution in [-0.2, 0) is 13.0 Å². The van der Waals surface area contributed by atoms with Crippen molar-refractivity contribution in [2.75, 3.05) is 19.7 Å². The number of benzene rings is 2. The summed E-state index contributed by atoms with van der Waals surface area (Å²) in [7, 11) is 0. The van der Waals surface area contributed by atoms with Crippen LogP contribution in [0.5, 0.6) is 0 Å². The van der Waals surface area contributed by atoms with Crippen molar-refractivity contribution < 1.29 is 13.9 Å². The molecule has 128 valence electrons. The molecule has 0 bridgehead atoms. The molecule has 0 amide bonds. The van der Waals surface area contributed by atoms with Gasteiger partial charge in [0, 0.05) is 24.6 Å². The molecule has 2 aromatic rings. The van der Waals surface area contributed by atoms with Crippen molar-refractivity contribution in [3.8, 4) is 0 Å². The fraction of sp³-hybridized carbons (Fsp3) is 0.400. The van der Waals surface area contributed by atoms with Gasteiger partial charge in [-0.2, -0.15) is 0 Å². The van der Waals surface area contributed by atoms with Crippen molar-refractivity contribution in [1.82, 2.24) is 4.90 Å². The van der Waals surface area contributed by atoms with Gasteiger partial charge in [0.25, 0.3) is 0 Å². The van der Waals surface area contributed by atoms with Crippen LogP contribution in [0.3, 0.4) is 0 Å². The zero-order valence-corrected chi connectivity index (χ0v) is 13.7. The first-order valence-electron chi connectivity index (χ1n) is 8.41. The van der Waals surface area contributed by atoms with Crippen molar-refractivity contribution in [2.45, 2.75) is 25.8 Å². The second-order valence-electron chi connectivity index (χ2n) is 6.87. The molecule has 1 heterocycles. The van der Waals surface area contributed by atoms with Crippen LogP contribution in [0.1, 0.15) is 24.0 Å². The van der Waals surface area contributed by atoms with E-state index in [1.54, 1.807) is 0 Å². The van der Waals surface area contributed by atoms with Crippen LogP contribution in [-0.4, -0.2) is 29.7 Å². The Morgan fingerprint density at radius 3 is 2.58 bits per heavy atom. The summed E-state index contributed by atoms with van der Waals surface area (Å²) in [5.41, 5.74) is 1.34. The minimum absolute atomic E-state index is 0.00903. The Morgan fingerprint density at radius 1 is 1.08 bits per heavy atom. The minimum Gasteiger partial charge on any atom is -0.396 e. The third-order valence-corrected chi connectivity index (χ3v) is 4.91. The molecule has 1 fully saturated rings. The van der Waals surface area contributed by atoms with Crippen molar-refractivity contribution in [1.29, 1.82) is 0 Å². The molecule has 1 aliphatic rings. The van der Waals surface area contributed by atoms with Crippen LogP contribution in [0.15, 0.2) is 48.5 Å². The number of nitrogens with zero attached hydrogens (tertiary/aromatic N) is 1. The van der Waals surface area contributed by atoms with Gasteiger partial charge >= 0.3 is 0 Å². The van der Waals surface area contributed by atoms with Crippen LogP contribution in [0.4, 0.5) is 8.78 Å². The highest BCUT2D eigenvalue weighted by Crippen LogP contribution is 2.34. The standard InChI is InChI=1S/C20H23F2NO/c21-18-8-7-17(19(22)11-18)12-20(15-24)9-4-10-23(14-20)13-16-5-2-1-3-6-16/h1-3,5-8,11,24H,4,9-10,12-15H2/t20-/m0/s1. The normalized spacial score (nSPS) is 21.8. The Balaban J connectivity index is 1.73. The second-order valence-corrected chi connectivity index (χ2v) is 6.87. The number of piperidine rings is 1. The zero-order chi connectivity index (χ0) is 17.0. The molecule has 2 nitrogen and oxygen atoms in total. The van der Waals surface area contributed by atoms with Crippen LogP contribution in [0.2, 0.25) is 0 Å². The predicted molar refractivity (Wildman–Crippen MR) is 90.5 cm³/mol. The van der Waals surface area contributed by atoms with Crippen LogP contribution in [0.25, 0.3) is 0 Å². The smallest absolute Gasteiger partial charge is 0.129 e. The maximum atomic E-state index is 14.0. The Morgan fingerprint density at radius 2 is 1.88 bits per heavy atom. The molecule has 0 radical (unpaired) electrons. The van der Waals surface area contributed by atoms with Gasteiger partial charge in [-0.3, -0.25) is 4.90 Å². The molecule has 1 saturated heterocycles. The van der Waals surface area contributed by atoms with E-state index in [1.165, 1.54) is 17.7 Å². The molecule has 1 atom stereocenters. The predicted octanol–water partition coefficient (Wildman–Crippen LogP) is 3.78. The van der Waals surface area contributed by atoms with Gasteiger partial charge in [0.15, 0.2) is 0 Å². The van der Waals surface area contributed by atoms with Gasteiger partial charge in [-0.15, -0.1) is 0 Å². The summed E-state index contributed by atoms with van der Waals surface area (Å²) in [5, 5.41) is 10.0. The quantitative estimate of drug-likeness (QED) is 0.901. The Kier molecular flexibility index (Phi) is 5.27. The van der Waals surface area contributed by atoms with E-state index >= 15 is 0 Å². The van der Waals surface area contributed by atoms with Gasteiger partial charge in [0.05, 0.1) is 6.61 Å². The number of aliphatic hydroxyl groups excluding tert-OH is 1. The maximum absolute atomic E-state index is 14.0. The van der Waals surface area contributed by atoms with E-state index < -0.39 is 11.6 Å². The first-order chi connectivity index (χ1) is 11.6. The first-order valence-corrected chi connectivity index (χ1v) is 8.41. The highest BCUT2D eigenvalue weighted by Gasteiger charge is 2.35. The van der Waals surface area contributed by atoms with E-state index in [2.05, 4.69) is 17.0 Å². The molecule has 0 spiro atoms. The topological polar surface area (TPSA) is 23.5 Å². The van der Waals surface area contributed by atoms with Crippen molar-refractivity contribution in [2.24, 2.45) is 5.41 Å². The summed E-state index contributed by atoms with van der Waals surface area (Å²) in [5.74, 6) is -1.09. The molecule has 0 saturated carbocycles. The van der Waals surface area contributed by atoms with E-state index in [0.29, 0.717) is 12.0 Å². The third-order valence-electron chi connectivity index (χ3n) is 4.91. The van der Waals surface area contributed by atoms with Gasteiger partial charge in [-0.1, -0.05) is 36.4 Å². The molecule has 0 unspecified atom stereocenters. The third kappa shape index (κ3) is 4.00. The van der Waals surface area contributed by atoms with Crippen molar-refractivity contribution in [3.63, 3.8) is 0 Å². The second kappa shape index (κ2) is 7.41. The lowest BCUT2D eigenvalue weighted by atomic mass is 9.75. The van der Waals surface area contributed by atoms with Crippen molar-refractivity contribution in [3.05, 3.63) is 71.3 Å². The van der Waals surface area contributed by atoms with Crippen LogP contribution in [0, 0.1) is 17.0 Å². The Bertz CT molecular complexity index is 677. The summed E-state index contributed by atoms with van der Waals surface area (Å²) >= 11 is 0. The van der Waals surface area contributed by atoms with E-state index in [4.69, 9.17) is 0 Å². The average Bonchev–Trinajstić information content (AvgIpc) is 2.59. The highest BCUT2D eigenvalue weighted by atomic mass is 19.1. The van der Waals surface area contributed by atoms with Gasteiger partial charge in [0.2, 0.25) is 0 Å². The summed E-state index contributed by atoms with van der Waals surface area (Å²) in [6, 6.07) is 13.9. The summed E-state index contributed by atoms with van der Waals surface area (Å²) < 4.78 is 27.1. The fourth-order valence-electron chi connectivity index (χ4n) is 3.68. The number of rotatable bonds is 5. The average molecular weight is 331 g/mol. The molecule has 1 aliphatic heterocycles. The van der Waals surface area contributed by atoms with Crippen molar-refractivity contribution >= 4 is 0 Å². The lowest BCUT2D eigenvalue weighted by molar-refractivity contribution is 0.0283. The summed E-state index contributed by atoms with van der Waals surface area (Å²) in [6.45, 7) is 2.53. The molecular formula is C20H23F2NO. The van der Waals surface area contributed by atoms with Gasteiger partial charge in [-0.25, -0.2) is 8.78 Å². The Hall–Kier alpha value is -1.78. The summed E-state index contributed by atoms with van der Waals surface area (Å²) in [4.78, 5) is 2.32. The first kappa shape index (κ1) is 17.1.